The predicted octanol–water partition coefficient (Wildman–Crippen LogP) is 5.26. The molecule has 3 nitrogen and oxygen atoms in total. The lowest BCUT2D eigenvalue weighted by molar-refractivity contribution is -0.128. The van der Waals surface area contributed by atoms with Gasteiger partial charge in [0.05, 0.1) is 6.04 Å². The number of hydrogen-bond donors (Lipinski definition) is 1. The highest BCUT2D eigenvalue weighted by Gasteiger charge is 2.21. The van der Waals surface area contributed by atoms with Gasteiger partial charge >= 0.3 is 0 Å². The van der Waals surface area contributed by atoms with Gasteiger partial charge < -0.3 is 10.1 Å². The fourth-order valence-electron chi connectivity index (χ4n) is 3.27. The highest BCUT2D eigenvalue weighted by Crippen LogP contribution is 2.25. The molecule has 26 heavy (non-hydrogen) atoms. The summed E-state index contributed by atoms with van der Waals surface area (Å²) in [6.45, 7) is 14.2. The van der Waals surface area contributed by atoms with Crippen LogP contribution in [0.1, 0.15) is 59.7 Å². The zero-order chi connectivity index (χ0) is 19.4. The van der Waals surface area contributed by atoms with Crippen LogP contribution in [0.15, 0.2) is 30.3 Å². The average molecular weight is 354 g/mol. The van der Waals surface area contributed by atoms with E-state index in [9.17, 15) is 4.79 Å². The van der Waals surface area contributed by atoms with Crippen molar-refractivity contribution in [2.24, 2.45) is 0 Å². The molecule has 0 radical (unpaired) electrons. The van der Waals surface area contributed by atoms with Crippen LogP contribution in [0, 0.1) is 34.6 Å². The number of benzene rings is 2. The van der Waals surface area contributed by atoms with E-state index in [0.717, 1.165) is 23.3 Å². The predicted molar refractivity (Wildman–Crippen MR) is 108 cm³/mol. The third kappa shape index (κ3) is 4.66. The van der Waals surface area contributed by atoms with E-state index in [0.29, 0.717) is 0 Å². The van der Waals surface area contributed by atoms with Gasteiger partial charge in [0.15, 0.2) is 6.10 Å². The first-order chi connectivity index (χ1) is 12.2. The third-order valence-corrected chi connectivity index (χ3v) is 4.96. The molecule has 0 saturated carbocycles. The Balaban J connectivity index is 2.12. The van der Waals surface area contributed by atoms with Gasteiger partial charge in [-0.15, -0.1) is 0 Å². The highest BCUT2D eigenvalue weighted by molar-refractivity contribution is 5.81. The minimum Gasteiger partial charge on any atom is -0.481 e. The van der Waals surface area contributed by atoms with Crippen LogP contribution in [0.3, 0.4) is 0 Å². The molecule has 3 heteroatoms. The molecule has 0 saturated heterocycles. The molecule has 0 aliphatic carbocycles. The SMILES string of the molecule is CC[C@@H](NC(=O)[C@@H](C)Oc1cc(C)cc(C)c1C)c1ccc(C)cc1C. The molecular formula is C23H31NO2. The first-order valence-electron chi connectivity index (χ1n) is 9.35. The minimum absolute atomic E-state index is 0.00510. The quantitative estimate of drug-likeness (QED) is 0.769. The lowest BCUT2D eigenvalue weighted by Crippen LogP contribution is -2.38. The smallest absolute Gasteiger partial charge is 0.261 e. The van der Waals surface area contributed by atoms with Crippen LogP contribution in [0.25, 0.3) is 0 Å². The van der Waals surface area contributed by atoms with Crippen LogP contribution in [0.4, 0.5) is 0 Å². The van der Waals surface area contributed by atoms with Gasteiger partial charge in [0.2, 0.25) is 0 Å². The summed E-state index contributed by atoms with van der Waals surface area (Å²) in [4.78, 5) is 12.7. The van der Waals surface area contributed by atoms with Gasteiger partial charge in [-0.05, 0) is 81.8 Å². The fourth-order valence-corrected chi connectivity index (χ4v) is 3.27. The number of ether oxygens (including phenoxy) is 1. The lowest BCUT2D eigenvalue weighted by atomic mass is 9.97. The molecule has 140 valence electrons. The van der Waals surface area contributed by atoms with Crippen LogP contribution >= 0.6 is 0 Å². The normalized spacial score (nSPS) is 13.2. The van der Waals surface area contributed by atoms with Crippen molar-refractivity contribution >= 4 is 5.91 Å². The monoisotopic (exact) mass is 353 g/mol. The molecule has 0 aromatic heterocycles. The van der Waals surface area contributed by atoms with E-state index in [1.165, 1.54) is 22.3 Å². The first kappa shape index (κ1) is 20.0. The molecule has 0 unspecified atom stereocenters. The van der Waals surface area contributed by atoms with Gasteiger partial charge in [0.25, 0.3) is 5.91 Å². The summed E-state index contributed by atoms with van der Waals surface area (Å²) in [5.41, 5.74) is 7.00. The lowest BCUT2D eigenvalue weighted by Gasteiger charge is -2.23. The number of rotatable bonds is 6. The molecular weight excluding hydrogens is 322 g/mol. The summed E-state index contributed by atoms with van der Waals surface area (Å²) >= 11 is 0. The van der Waals surface area contributed by atoms with Crippen molar-refractivity contribution < 1.29 is 9.53 Å². The van der Waals surface area contributed by atoms with Crippen molar-refractivity contribution in [2.75, 3.05) is 0 Å². The summed E-state index contributed by atoms with van der Waals surface area (Å²) in [6, 6.07) is 10.5. The van der Waals surface area contributed by atoms with Crippen LogP contribution in [0.2, 0.25) is 0 Å². The van der Waals surface area contributed by atoms with Gasteiger partial charge in [-0.2, -0.15) is 0 Å². The maximum atomic E-state index is 12.7. The summed E-state index contributed by atoms with van der Waals surface area (Å²) in [5, 5.41) is 3.15. The molecule has 2 aromatic rings. The maximum absolute atomic E-state index is 12.7. The Morgan fingerprint density at radius 1 is 1.00 bits per heavy atom. The van der Waals surface area contributed by atoms with Gasteiger partial charge in [0, 0.05) is 0 Å². The van der Waals surface area contributed by atoms with Crippen molar-refractivity contribution in [3.05, 3.63) is 63.7 Å². The van der Waals surface area contributed by atoms with E-state index in [1.807, 2.05) is 19.9 Å². The highest BCUT2D eigenvalue weighted by atomic mass is 16.5. The van der Waals surface area contributed by atoms with Crippen molar-refractivity contribution in [3.8, 4) is 5.75 Å². The molecule has 0 fully saturated rings. The zero-order valence-corrected chi connectivity index (χ0v) is 17.1. The van der Waals surface area contributed by atoms with E-state index in [-0.39, 0.29) is 11.9 Å². The second kappa shape index (κ2) is 8.39. The van der Waals surface area contributed by atoms with Crippen LogP contribution in [0.5, 0.6) is 5.75 Å². The largest absolute Gasteiger partial charge is 0.481 e. The second-order valence-corrected chi connectivity index (χ2v) is 7.29. The van der Waals surface area contributed by atoms with Crippen LogP contribution < -0.4 is 10.1 Å². The van der Waals surface area contributed by atoms with E-state index < -0.39 is 6.10 Å². The molecule has 2 aromatic carbocycles. The molecule has 0 heterocycles. The van der Waals surface area contributed by atoms with E-state index in [2.05, 4.69) is 57.3 Å². The van der Waals surface area contributed by atoms with Crippen molar-refractivity contribution in [3.63, 3.8) is 0 Å². The summed E-state index contributed by atoms with van der Waals surface area (Å²) < 4.78 is 5.99. The summed E-state index contributed by atoms with van der Waals surface area (Å²) in [7, 11) is 0. The molecule has 0 bridgehead atoms. The van der Waals surface area contributed by atoms with Gasteiger partial charge in [-0.25, -0.2) is 0 Å². The molecule has 1 amide bonds. The Morgan fingerprint density at radius 3 is 2.27 bits per heavy atom. The van der Waals surface area contributed by atoms with Gasteiger partial charge in [-0.3, -0.25) is 4.79 Å². The fraction of sp³-hybridized carbons (Fsp3) is 0.435. The minimum atomic E-state index is -0.547. The zero-order valence-electron chi connectivity index (χ0n) is 17.1. The van der Waals surface area contributed by atoms with Gasteiger partial charge in [-0.1, -0.05) is 36.8 Å². The molecule has 0 aliphatic heterocycles. The average Bonchev–Trinajstić information content (AvgIpc) is 2.57. The summed E-state index contributed by atoms with van der Waals surface area (Å²) in [5.74, 6) is 0.695. The van der Waals surface area contributed by atoms with E-state index in [4.69, 9.17) is 4.74 Å². The molecule has 0 spiro atoms. The number of carbonyl (C=O) groups excluding carboxylic acids is 1. The van der Waals surface area contributed by atoms with Gasteiger partial charge in [0.1, 0.15) is 5.75 Å². The summed E-state index contributed by atoms with van der Waals surface area (Å²) in [6.07, 6.45) is 0.292. The first-order valence-corrected chi connectivity index (χ1v) is 9.35. The van der Waals surface area contributed by atoms with Crippen molar-refractivity contribution in [1.82, 2.24) is 5.32 Å². The Bertz CT molecular complexity index is 795. The molecule has 2 atom stereocenters. The molecule has 2 rings (SSSR count). The van der Waals surface area contributed by atoms with Crippen molar-refractivity contribution in [1.29, 1.82) is 0 Å². The van der Waals surface area contributed by atoms with Crippen molar-refractivity contribution in [2.45, 2.75) is 67.0 Å². The van der Waals surface area contributed by atoms with Crippen LogP contribution in [-0.2, 0) is 4.79 Å². The number of carbonyl (C=O) groups is 1. The standard InChI is InChI=1S/C23H31NO2/c1-8-21(20-10-9-14(2)11-17(20)5)24-23(25)19(7)26-22-13-15(3)12-16(4)18(22)6/h9-13,19,21H,8H2,1-7H3,(H,24,25)/t19-,21-/m1/s1. The molecule has 0 aliphatic rings. The Hall–Kier alpha value is -2.29. The Morgan fingerprint density at radius 2 is 1.65 bits per heavy atom. The second-order valence-electron chi connectivity index (χ2n) is 7.29. The number of aryl methyl sites for hydroxylation is 4. The number of hydrogen-bond acceptors (Lipinski definition) is 2. The van der Waals surface area contributed by atoms with E-state index >= 15 is 0 Å². The number of nitrogens with one attached hydrogen (secondary N) is 1. The Labute approximate surface area is 157 Å². The van der Waals surface area contributed by atoms with E-state index in [1.54, 1.807) is 6.92 Å². The molecule has 1 N–H and O–H groups in total. The topological polar surface area (TPSA) is 38.3 Å². The Kier molecular flexibility index (Phi) is 6.47. The maximum Gasteiger partial charge on any atom is 0.261 e. The number of amides is 1. The van der Waals surface area contributed by atoms with Crippen LogP contribution in [-0.4, -0.2) is 12.0 Å². The third-order valence-electron chi connectivity index (χ3n) is 4.96.